The lowest BCUT2D eigenvalue weighted by molar-refractivity contribution is 0.100. The Morgan fingerprint density at radius 2 is 1.68 bits per heavy atom. The van der Waals surface area contributed by atoms with Crippen LogP contribution in [0, 0.1) is 6.92 Å². The van der Waals surface area contributed by atoms with Crippen LogP contribution in [0.15, 0.2) is 59.5 Å². The topological polar surface area (TPSA) is 94.2 Å². The summed E-state index contributed by atoms with van der Waals surface area (Å²) in [6.07, 6.45) is 3.70. The molecule has 6 rings (SSSR count). The smallest absolute Gasteiger partial charge is 0.350 e. The molecular formula is C34H42N8O2. The molecule has 1 aliphatic heterocycles. The van der Waals surface area contributed by atoms with Gasteiger partial charge < -0.3 is 14.2 Å². The van der Waals surface area contributed by atoms with Crippen LogP contribution >= 0.6 is 0 Å². The zero-order valence-electron chi connectivity index (χ0n) is 26.6. The van der Waals surface area contributed by atoms with Crippen LogP contribution in [0.4, 0.5) is 5.82 Å². The van der Waals surface area contributed by atoms with Crippen molar-refractivity contribution in [2.24, 2.45) is 14.1 Å². The number of imidazole rings is 1. The third-order valence-corrected chi connectivity index (χ3v) is 9.14. The lowest BCUT2D eigenvalue weighted by Gasteiger charge is -2.49. The number of piperazine rings is 1. The molecule has 44 heavy (non-hydrogen) atoms. The van der Waals surface area contributed by atoms with Gasteiger partial charge >= 0.3 is 5.69 Å². The summed E-state index contributed by atoms with van der Waals surface area (Å²) < 4.78 is 9.60. The Labute approximate surface area is 258 Å². The highest BCUT2D eigenvalue weighted by atomic mass is 16.5. The van der Waals surface area contributed by atoms with Crippen molar-refractivity contribution in [3.8, 4) is 0 Å². The van der Waals surface area contributed by atoms with Crippen molar-refractivity contribution in [2.45, 2.75) is 71.9 Å². The first-order valence-corrected chi connectivity index (χ1v) is 15.6. The fourth-order valence-electron chi connectivity index (χ4n) is 6.53. The quantitative estimate of drug-likeness (QED) is 0.233. The van der Waals surface area contributed by atoms with Gasteiger partial charge in [-0.05, 0) is 49.9 Å². The number of aryl methyl sites for hydroxylation is 3. The lowest BCUT2D eigenvalue weighted by Crippen LogP contribution is -2.59. The van der Waals surface area contributed by atoms with E-state index in [1.165, 1.54) is 5.56 Å². The zero-order chi connectivity index (χ0) is 31.0. The molecule has 2 aromatic carbocycles. The van der Waals surface area contributed by atoms with Crippen LogP contribution in [-0.2, 0) is 32.0 Å². The first-order chi connectivity index (χ1) is 21.3. The molecule has 1 aliphatic rings. The molecule has 0 N–H and O–H groups in total. The molecule has 0 radical (unpaired) electrons. The number of aromatic nitrogens is 6. The molecule has 0 saturated carbocycles. The van der Waals surface area contributed by atoms with Crippen molar-refractivity contribution in [3.05, 3.63) is 87.9 Å². The molecular weight excluding hydrogens is 552 g/mol. The molecule has 5 aromatic rings. The van der Waals surface area contributed by atoms with Gasteiger partial charge in [-0.1, -0.05) is 50.2 Å². The van der Waals surface area contributed by atoms with Crippen LogP contribution < -0.4 is 10.6 Å². The number of hydrogen-bond acceptors (Lipinski definition) is 8. The number of fused-ring (bicyclic) bond motifs is 2. The summed E-state index contributed by atoms with van der Waals surface area (Å²) in [5, 5.41) is 0. The molecule has 3 atom stereocenters. The van der Waals surface area contributed by atoms with Crippen molar-refractivity contribution in [1.82, 2.24) is 34.0 Å². The summed E-state index contributed by atoms with van der Waals surface area (Å²) in [5.74, 6) is 1.43. The van der Waals surface area contributed by atoms with E-state index >= 15 is 0 Å². The van der Waals surface area contributed by atoms with Gasteiger partial charge in [0.15, 0.2) is 5.82 Å². The average molecular weight is 595 g/mol. The number of benzene rings is 2. The van der Waals surface area contributed by atoms with Crippen molar-refractivity contribution in [1.29, 1.82) is 0 Å². The van der Waals surface area contributed by atoms with E-state index in [1.54, 1.807) is 11.6 Å². The maximum absolute atomic E-state index is 13.2. The Kier molecular flexibility index (Phi) is 8.46. The normalized spacial score (nSPS) is 18.4. The van der Waals surface area contributed by atoms with Crippen LogP contribution in [0.2, 0.25) is 0 Å². The summed E-state index contributed by atoms with van der Waals surface area (Å²) in [4.78, 5) is 37.1. The first-order valence-electron chi connectivity index (χ1n) is 15.6. The molecule has 0 aliphatic carbocycles. The van der Waals surface area contributed by atoms with Gasteiger partial charge in [0.2, 0.25) is 0 Å². The number of anilines is 1. The van der Waals surface area contributed by atoms with Gasteiger partial charge in [0.25, 0.3) is 0 Å². The van der Waals surface area contributed by atoms with Crippen molar-refractivity contribution >= 4 is 28.0 Å². The van der Waals surface area contributed by atoms with Gasteiger partial charge in [0, 0.05) is 51.5 Å². The van der Waals surface area contributed by atoms with E-state index in [-0.39, 0.29) is 23.8 Å². The van der Waals surface area contributed by atoms with Gasteiger partial charge in [0.05, 0.1) is 23.3 Å². The van der Waals surface area contributed by atoms with Crippen LogP contribution in [0.5, 0.6) is 0 Å². The van der Waals surface area contributed by atoms with Gasteiger partial charge in [-0.2, -0.15) is 4.98 Å². The second kappa shape index (κ2) is 12.5. The highest BCUT2D eigenvalue weighted by Gasteiger charge is 2.37. The lowest BCUT2D eigenvalue weighted by atomic mass is 9.97. The number of ether oxygens (including phenoxy) is 1. The van der Waals surface area contributed by atoms with Gasteiger partial charge in [-0.3, -0.25) is 14.5 Å². The van der Waals surface area contributed by atoms with Gasteiger partial charge in [-0.15, -0.1) is 0 Å². The molecule has 4 heterocycles. The number of hydrogen-bond donors (Lipinski definition) is 0. The van der Waals surface area contributed by atoms with Crippen LogP contribution in [0.25, 0.3) is 22.2 Å². The molecule has 0 bridgehead atoms. The average Bonchev–Trinajstić information content (AvgIpc) is 3.37. The molecule has 0 spiro atoms. The molecule has 10 nitrogen and oxygen atoms in total. The van der Waals surface area contributed by atoms with Gasteiger partial charge in [0.1, 0.15) is 23.6 Å². The predicted octanol–water partition coefficient (Wildman–Crippen LogP) is 5.08. The Hall–Kier alpha value is -4.15. The van der Waals surface area contributed by atoms with E-state index < -0.39 is 0 Å². The Morgan fingerprint density at radius 1 is 0.909 bits per heavy atom. The van der Waals surface area contributed by atoms with Crippen LogP contribution in [0.1, 0.15) is 62.3 Å². The first kappa shape index (κ1) is 29.9. The Balaban J connectivity index is 1.30. The van der Waals surface area contributed by atoms with Crippen LogP contribution in [-0.4, -0.2) is 59.1 Å². The highest BCUT2D eigenvalue weighted by molar-refractivity contribution is 5.84. The van der Waals surface area contributed by atoms with E-state index in [0.29, 0.717) is 19.0 Å². The van der Waals surface area contributed by atoms with Crippen LogP contribution in [0.3, 0.4) is 0 Å². The molecule has 1 fully saturated rings. The van der Waals surface area contributed by atoms with E-state index in [0.717, 1.165) is 65.2 Å². The Bertz CT molecular complexity index is 1830. The number of nitrogens with zero attached hydrogens (tertiary/aromatic N) is 8. The summed E-state index contributed by atoms with van der Waals surface area (Å²) in [6, 6.07) is 17.2. The maximum atomic E-state index is 13.2. The van der Waals surface area contributed by atoms with E-state index in [4.69, 9.17) is 14.7 Å². The molecule has 1 saturated heterocycles. The summed E-state index contributed by atoms with van der Waals surface area (Å²) in [5.41, 5.74) is 6.32. The maximum Gasteiger partial charge on any atom is 0.350 e. The third-order valence-electron chi connectivity index (χ3n) is 9.14. The summed E-state index contributed by atoms with van der Waals surface area (Å²) in [6.45, 7) is 11.1. The molecule has 230 valence electrons. The minimum absolute atomic E-state index is 0.172. The fourth-order valence-corrected chi connectivity index (χ4v) is 6.53. The van der Waals surface area contributed by atoms with Crippen molar-refractivity contribution in [2.75, 3.05) is 18.0 Å². The third kappa shape index (κ3) is 5.59. The van der Waals surface area contributed by atoms with E-state index in [2.05, 4.69) is 58.7 Å². The van der Waals surface area contributed by atoms with Gasteiger partial charge in [-0.25, -0.2) is 14.8 Å². The monoisotopic (exact) mass is 594 g/mol. The largest absolute Gasteiger partial charge is 0.369 e. The highest BCUT2D eigenvalue weighted by Crippen LogP contribution is 2.34. The van der Waals surface area contributed by atoms with Crippen molar-refractivity contribution in [3.63, 3.8) is 0 Å². The minimum Gasteiger partial charge on any atom is -0.369 e. The second-order valence-corrected chi connectivity index (χ2v) is 11.9. The summed E-state index contributed by atoms with van der Waals surface area (Å²) >= 11 is 0. The predicted molar refractivity (Wildman–Crippen MR) is 174 cm³/mol. The van der Waals surface area contributed by atoms with E-state index in [9.17, 15) is 4.79 Å². The molecule has 3 aromatic heterocycles. The minimum atomic E-state index is -0.279. The molecule has 1 unspecified atom stereocenters. The second-order valence-electron chi connectivity index (χ2n) is 11.9. The fraction of sp³-hybridized carbons (Fsp3) is 0.441. The standard InChI is InChI=1S/C34H42N8O2/c1-7-26-19-42(27(8-2)18-41(26)23(4)25-14-15-28-29(16-25)36-22(3)17-35-28)32-31-33(40(6)34(43)38-32)39(5)30(37-31)21-44-20-24-12-10-9-11-13-24/h9-17,23,26-27H,7-8,18-21H2,1-6H3/t23?,26-,27+/m1/s1. The molecule has 10 heteroatoms. The van der Waals surface area contributed by atoms with Crippen molar-refractivity contribution < 1.29 is 4.74 Å². The zero-order valence-corrected chi connectivity index (χ0v) is 26.6. The summed E-state index contributed by atoms with van der Waals surface area (Å²) in [7, 11) is 3.71. The SMILES string of the molecule is CC[C@H]1CN(C(C)c2ccc3ncc(C)nc3c2)[C@H](CC)CN1c1nc(=O)n(C)c2c1nc(COCc1ccccc1)n2C. The molecule has 0 amide bonds. The number of rotatable bonds is 9. The Morgan fingerprint density at radius 3 is 2.43 bits per heavy atom. The van der Waals surface area contributed by atoms with E-state index in [1.807, 2.05) is 55.1 Å².